The quantitative estimate of drug-likeness (QED) is 0.526. The van der Waals surface area contributed by atoms with E-state index in [2.05, 4.69) is 62.9 Å². The second-order valence-corrected chi connectivity index (χ2v) is 6.38. The molecule has 23 heavy (non-hydrogen) atoms. The van der Waals surface area contributed by atoms with E-state index in [9.17, 15) is 4.79 Å². The van der Waals surface area contributed by atoms with E-state index in [4.69, 9.17) is 0 Å². The highest BCUT2D eigenvalue weighted by Crippen LogP contribution is 2.23. The van der Waals surface area contributed by atoms with Gasteiger partial charge < -0.3 is 4.90 Å². The van der Waals surface area contributed by atoms with Gasteiger partial charge in [0.15, 0.2) is 0 Å². The van der Waals surface area contributed by atoms with Gasteiger partial charge in [-0.2, -0.15) is 0 Å². The Hall–Kier alpha value is -2.35. The zero-order valence-electron chi connectivity index (χ0n) is 14.5. The summed E-state index contributed by atoms with van der Waals surface area (Å²) in [5.41, 5.74) is 4.56. The van der Waals surface area contributed by atoms with Crippen LogP contribution in [-0.4, -0.2) is 19.4 Å². The van der Waals surface area contributed by atoms with Crippen LogP contribution in [0.1, 0.15) is 38.1 Å². The van der Waals surface area contributed by atoms with Gasteiger partial charge in [-0.25, -0.2) is 0 Å². The SMILES string of the molecule is CC(C)=CCN(CC=C(C)C)c1ccc2cc(C=O)ccc2c1. The molecule has 0 heterocycles. The largest absolute Gasteiger partial charge is 0.364 e. The van der Waals surface area contributed by atoms with Crippen molar-refractivity contribution in [3.8, 4) is 0 Å². The molecule has 2 rings (SSSR count). The number of fused-ring (bicyclic) bond motifs is 1. The molecule has 120 valence electrons. The fraction of sp³-hybridized carbons (Fsp3) is 0.286. The number of rotatable bonds is 6. The Morgan fingerprint density at radius 1 is 0.870 bits per heavy atom. The van der Waals surface area contributed by atoms with Gasteiger partial charge >= 0.3 is 0 Å². The predicted molar refractivity (Wildman–Crippen MR) is 100 cm³/mol. The van der Waals surface area contributed by atoms with E-state index in [1.165, 1.54) is 16.8 Å². The van der Waals surface area contributed by atoms with Crippen LogP contribution in [0.3, 0.4) is 0 Å². The van der Waals surface area contributed by atoms with Gasteiger partial charge in [0, 0.05) is 24.3 Å². The lowest BCUT2D eigenvalue weighted by atomic mass is 10.1. The Balaban J connectivity index is 2.36. The maximum absolute atomic E-state index is 10.9. The van der Waals surface area contributed by atoms with E-state index >= 15 is 0 Å². The molecule has 2 aromatic carbocycles. The number of hydrogen-bond donors (Lipinski definition) is 0. The molecule has 0 bridgehead atoms. The molecule has 2 aromatic rings. The van der Waals surface area contributed by atoms with Crippen molar-refractivity contribution in [1.82, 2.24) is 0 Å². The second-order valence-electron chi connectivity index (χ2n) is 6.38. The van der Waals surface area contributed by atoms with Gasteiger partial charge in [-0.05, 0) is 56.7 Å². The summed E-state index contributed by atoms with van der Waals surface area (Å²) >= 11 is 0. The van der Waals surface area contributed by atoms with Crippen molar-refractivity contribution in [1.29, 1.82) is 0 Å². The van der Waals surface area contributed by atoms with Crippen molar-refractivity contribution >= 4 is 22.7 Å². The van der Waals surface area contributed by atoms with E-state index in [1.54, 1.807) is 0 Å². The first-order valence-electron chi connectivity index (χ1n) is 8.00. The monoisotopic (exact) mass is 307 g/mol. The minimum absolute atomic E-state index is 0.719. The molecule has 0 unspecified atom stereocenters. The van der Waals surface area contributed by atoms with Crippen LogP contribution in [-0.2, 0) is 0 Å². The van der Waals surface area contributed by atoms with Gasteiger partial charge in [0.05, 0.1) is 0 Å². The van der Waals surface area contributed by atoms with Crippen LogP contribution < -0.4 is 4.90 Å². The Kier molecular flexibility index (Phi) is 5.75. The highest BCUT2D eigenvalue weighted by Gasteiger charge is 2.05. The van der Waals surface area contributed by atoms with Crippen molar-refractivity contribution in [2.45, 2.75) is 27.7 Å². The zero-order valence-corrected chi connectivity index (χ0v) is 14.5. The van der Waals surface area contributed by atoms with Crippen molar-refractivity contribution in [3.63, 3.8) is 0 Å². The summed E-state index contributed by atoms with van der Waals surface area (Å²) in [4.78, 5) is 13.3. The molecule has 0 fully saturated rings. The molecular weight excluding hydrogens is 282 g/mol. The summed E-state index contributed by atoms with van der Waals surface area (Å²) in [6.45, 7) is 10.3. The lowest BCUT2D eigenvalue weighted by Gasteiger charge is -2.23. The van der Waals surface area contributed by atoms with Gasteiger partial charge in [0.2, 0.25) is 0 Å². The number of benzene rings is 2. The van der Waals surface area contributed by atoms with Crippen LogP contribution in [0.25, 0.3) is 10.8 Å². The number of carbonyl (C=O) groups excluding carboxylic acids is 1. The molecule has 0 saturated carbocycles. The number of aldehydes is 1. The molecule has 2 heteroatoms. The van der Waals surface area contributed by atoms with E-state index in [0.29, 0.717) is 0 Å². The summed E-state index contributed by atoms with van der Waals surface area (Å²) in [6.07, 6.45) is 5.39. The van der Waals surface area contributed by atoms with Crippen molar-refractivity contribution in [2.75, 3.05) is 18.0 Å². The molecule has 0 aliphatic rings. The summed E-state index contributed by atoms with van der Waals surface area (Å²) in [6, 6.07) is 12.2. The third-order valence-corrected chi connectivity index (χ3v) is 3.79. The molecular formula is C21H25NO. The Morgan fingerprint density at radius 3 is 2.00 bits per heavy atom. The fourth-order valence-corrected chi connectivity index (χ4v) is 2.39. The van der Waals surface area contributed by atoms with Crippen molar-refractivity contribution in [3.05, 3.63) is 65.3 Å². The van der Waals surface area contributed by atoms with Crippen LogP contribution in [0.15, 0.2) is 59.7 Å². The molecule has 2 nitrogen and oxygen atoms in total. The van der Waals surface area contributed by atoms with E-state index < -0.39 is 0 Å². The highest BCUT2D eigenvalue weighted by atomic mass is 16.1. The van der Waals surface area contributed by atoms with Gasteiger partial charge in [-0.15, -0.1) is 0 Å². The number of nitrogens with zero attached hydrogens (tertiary/aromatic N) is 1. The van der Waals surface area contributed by atoms with Crippen molar-refractivity contribution in [2.24, 2.45) is 0 Å². The second kappa shape index (κ2) is 7.77. The topological polar surface area (TPSA) is 20.3 Å². The number of allylic oxidation sites excluding steroid dienone is 2. The third-order valence-electron chi connectivity index (χ3n) is 3.79. The minimum Gasteiger partial charge on any atom is -0.364 e. The first-order valence-corrected chi connectivity index (χ1v) is 8.00. The van der Waals surface area contributed by atoms with E-state index in [-0.39, 0.29) is 0 Å². The number of carbonyl (C=O) groups is 1. The van der Waals surface area contributed by atoms with Gasteiger partial charge in [-0.1, -0.05) is 41.5 Å². The molecule has 0 amide bonds. The average Bonchev–Trinajstić information content (AvgIpc) is 2.53. The lowest BCUT2D eigenvalue weighted by Crippen LogP contribution is -2.23. The molecule has 0 radical (unpaired) electrons. The Labute approximate surface area is 139 Å². The van der Waals surface area contributed by atoms with Gasteiger partial charge in [0.25, 0.3) is 0 Å². The first-order chi connectivity index (χ1) is 11.0. The van der Waals surface area contributed by atoms with Crippen LogP contribution in [0.4, 0.5) is 5.69 Å². The van der Waals surface area contributed by atoms with Crippen LogP contribution in [0.2, 0.25) is 0 Å². The summed E-state index contributed by atoms with van der Waals surface area (Å²) in [5.74, 6) is 0. The molecule has 0 aliphatic carbocycles. The Bertz CT molecular complexity index is 728. The molecule has 0 aliphatic heterocycles. The normalized spacial score (nSPS) is 10.3. The summed E-state index contributed by atoms with van der Waals surface area (Å²) < 4.78 is 0. The van der Waals surface area contributed by atoms with Crippen LogP contribution >= 0.6 is 0 Å². The molecule has 0 N–H and O–H groups in total. The number of hydrogen-bond acceptors (Lipinski definition) is 2. The molecule has 0 saturated heterocycles. The van der Waals surface area contributed by atoms with Crippen LogP contribution in [0.5, 0.6) is 0 Å². The summed E-state index contributed by atoms with van der Waals surface area (Å²) in [5, 5.41) is 2.26. The standard InChI is InChI=1S/C21H25NO/c1-16(2)9-11-22(12-10-17(3)4)21-8-7-19-13-18(15-23)5-6-20(19)14-21/h5-10,13-15H,11-12H2,1-4H3. The third kappa shape index (κ3) is 4.82. The fourth-order valence-electron chi connectivity index (χ4n) is 2.39. The zero-order chi connectivity index (χ0) is 16.8. The predicted octanol–water partition coefficient (Wildman–Crippen LogP) is 5.39. The maximum Gasteiger partial charge on any atom is 0.150 e. The van der Waals surface area contributed by atoms with E-state index in [0.717, 1.165) is 35.7 Å². The minimum atomic E-state index is 0.719. The first kappa shape index (κ1) is 17.0. The molecule has 0 spiro atoms. The summed E-state index contributed by atoms with van der Waals surface area (Å²) in [7, 11) is 0. The highest BCUT2D eigenvalue weighted by molar-refractivity contribution is 5.91. The van der Waals surface area contributed by atoms with Gasteiger partial charge in [0.1, 0.15) is 6.29 Å². The molecule has 0 atom stereocenters. The Morgan fingerprint density at radius 2 is 1.43 bits per heavy atom. The smallest absolute Gasteiger partial charge is 0.150 e. The lowest BCUT2D eigenvalue weighted by molar-refractivity contribution is 0.112. The maximum atomic E-state index is 10.9. The number of anilines is 1. The van der Waals surface area contributed by atoms with Gasteiger partial charge in [-0.3, -0.25) is 4.79 Å². The van der Waals surface area contributed by atoms with E-state index in [1.807, 2.05) is 18.2 Å². The molecule has 0 aromatic heterocycles. The van der Waals surface area contributed by atoms with Crippen molar-refractivity contribution < 1.29 is 4.79 Å². The average molecular weight is 307 g/mol. The van der Waals surface area contributed by atoms with Crippen LogP contribution in [0, 0.1) is 0 Å².